The maximum atomic E-state index is 9.57. The van der Waals surface area contributed by atoms with Crippen molar-refractivity contribution in [1.82, 2.24) is 0 Å². The van der Waals surface area contributed by atoms with Crippen LogP contribution in [-0.2, 0) is 0 Å². The standard InChI is InChI=1S/C50H34N2/c1-34-14-13-21-40(30-34)52(39-26-24-35(33-51)25-27-39)41-28-29-44-47(31-41)42-22-11-12-23-43(42)49-46(37-17-7-3-8-18-37)32-45(36-15-5-2-6-16-36)48(50(44)49)38-19-9-4-10-20-38/h2-32H,1H3. The van der Waals surface area contributed by atoms with Gasteiger partial charge in [0, 0.05) is 17.1 Å². The third-order valence-electron chi connectivity index (χ3n) is 10.1. The zero-order valence-corrected chi connectivity index (χ0v) is 28.8. The summed E-state index contributed by atoms with van der Waals surface area (Å²) in [5, 5.41) is 16.9. The summed E-state index contributed by atoms with van der Waals surface area (Å²) in [5.74, 6) is 0. The lowest BCUT2D eigenvalue weighted by Crippen LogP contribution is -2.10. The van der Waals surface area contributed by atoms with Crippen molar-refractivity contribution in [3.8, 4) is 39.4 Å². The van der Waals surface area contributed by atoms with Crippen LogP contribution in [0.15, 0.2) is 188 Å². The van der Waals surface area contributed by atoms with Gasteiger partial charge in [-0.1, -0.05) is 133 Å². The predicted octanol–water partition coefficient (Wildman–Crippen LogP) is 13.8. The number of rotatable bonds is 6. The number of hydrogen-bond donors (Lipinski definition) is 0. The highest BCUT2D eigenvalue weighted by atomic mass is 15.1. The molecule has 0 aromatic heterocycles. The van der Waals surface area contributed by atoms with Crippen molar-refractivity contribution < 1.29 is 0 Å². The van der Waals surface area contributed by atoms with E-state index < -0.39 is 0 Å². The average molecular weight is 663 g/mol. The maximum absolute atomic E-state index is 9.57. The molecular weight excluding hydrogens is 629 g/mol. The summed E-state index contributed by atoms with van der Waals surface area (Å²) in [5.41, 5.74) is 12.2. The fourth-order valence-electron chi connectivity index (χ4n) is 7.77. The van der Waals surface area contributed by atoms with E-state index in [1.165, 1.54) is 71.3 Å². The monoisotopic (exact) mass is 662 g/mol. The van der Waals surface area contributed by atoms with Crippen LogP contribution < -0.4 is 4.90 Å². The first-order chi connectivity index (χ1) is 25.7. The van der Waals surface area contributed by atoms with Gasteiger partial charge in [0.2, 0.25) is 0 Å². The SMILES string of the molecule is Cc1cccc(N(c2ccc(C#N)cc2)c2ccc3c(c2)c2ccccc2c2c(-c4ccccc4)cc(-c4ccccc4)c(-c4ccccc4)c32)c1. The summed E-state index contributed by atoms with van der Waals surface area (Å²) in [6.45, 7) is 2.13. The molecule has 0 unspecified atom stereocenters. The van der Waals surface area contributed by atoms with Crippen LogP contribution in [0.25, 0.3) is 65.7 Å². The Balaban J connectivity index is 1.45. The van der Waals surface area contributed by atoms with Gasteiger partial charge in [-0.3, -0.25) is 0 Å². The lowest BCUT2D eigenvalue weighted by molar-refractivity contribution is 1.27. The second-order valence-corrected chi connectivity index (χ2v) is 13.3. The molecule has 9 rings (SSSR count). The van der Waals surface area contributed by atoms with Crippen LogP contribution in [0.1, 0.15) is 11.1 Å². The van der Waals surface area contributed by atoms with Gasteiger partial charge in [0.05, 0.1) is 11.6 Å². The molecule has 0 N–H and O–H groups in total. The Bertz CT molecular complexity index is 2780. The van der Waals surface area contributed by atoms with Crippen LogP contribution in [0.4, 0.5) is 17.1 Å². The van der Waals surface area contributed by atoms with Gasteiger partial charge in [-0.05, 0) is 133 Å². The van der Waals surface area contributed by atoms with Crippen LogP contribution in [0.5, 0.6) is 0 Å². The topological polar surface area (TPSA) is 27.0 Å². The third kappa shape index (κ3) is 5.37. The van der Waals surface area contributed by atoms with E-state index in [4.69, 9.17) is 0 Å². The van der Waals surface area contributed by atoms with Crippen molar-refractivity contribution in [2.75, 3.05) is 4.90 Å². The van der Waals surface area contributed by atoms with Gasteiger partial charge in [-0.25, -0.2) is 0 Å². The molecule has 52 heavy (non-hydrogen) atoms. The van der Waals surface area contributed by atoms with E-state index in [1.807, 2.05) is 24.3 Å². The highest BCUT2D eigenvalue weighted by Gasteiger charge is 2.22. The van der Waals surface area contributed by atoms with E-state index in [-0.39, 0.29) is 0 Å². The van der Waals surface area contributed by atoms with Crippen molar-refractivity contribution in [3.63, 3.8) is 0 Å². The molecule has 2 heteroatoms. The molecule has 244 valence electrons. The van der Waals surface area contributed by atoms with Crippen molar-refractivity contribution in [2.45, 2.75) is 6.92 Å². The van der Waals surface area contributed by atoms with Gasteiger partial charge < -0.3 is 4.90 Å². The zero-order chi connectivity index (χ0) is 35.0. The van der Waals surface area contributed by atoms with Gasteiger partial charge in [0.1, 0.15) is 0 Å². The van der Waals surface area contributed by atoms with Crippen LogP contribution in [0, 0.1) is 18.3 Å². The molecule has 9 aromatic carbocycles. The lowest BCUT2D eigenvalue weighted by atomic mass is 9.81. The minimum atomic E-state index is 0.640. The highest BCUT2D eigenvalue weighted by Crippen LogP contribution is 2.50. The average Bonchev–Trinajstić information content (AvgIpc) is 3.21. The first-order valence-electron chi connectivity index (χ1n) is 17.7. The molecule has 0 atom stereocenters. The lowest BCUT2D eigenvalue weighted by Gasteiger charge is -2.27. The van der Waals surface area contributed by atoms with E-state index in [1.54, 1.807) is 0 Å². The predicted molar refractivity (Wildman–Crippen MR) is 219 cm³/mol. The first kappa shape index (κ1) is 31.1. The number of anilines is 3. The van der Waals surface area contributed by atoms with Crippen molar-refractivity contribution >= 4 is 49.4 Å². The molecular formula is C50H34N2. The fourth-order valence-corrected chi connectivity index (χ4v) is 7.77. The Morgan fingerprint density at radius 2 is 0.962 bits per heavy atom. The summed E-state index contributed by atoms with van der Waals surface area (Å²) < 4.78 is 0. The van der Waals surface area contributed by atoms with Gasteiger partial charge >= 0.3 is 0 Å². The maximum Gasteiger partial charge on any atom is 0.0991 e. The van der Waals surface area contributed by atoms with Gasteiger partial charge in [0.25, 0.3) is 0 Å². The molecule has 0 aliphatic rings. The Labute approximate surface area is 304 Å². The van der Waals surface area contributed by atoms with Crippen molar-refractivity contribution in [1.29, 1.82) is 5.26 Å². The first-order valence-corrected chi connectivity index (χ1v) is 17.7. The molecule has 2 nitrogen and oxygen atoms in total. The number of fused-ring (bicyclic) bond motifs is 6. The summed E-state index contributed by atoms with van der Waals surface area (Å²) >= 11 is 0. The van der Waals surface area contributed by atoms with Gasteiger partial charge in [-0.2, -0.15) is 5.26 Å². The number of benzene rings is 9. The van der Waals surface area contributed by atoms with Crippen LogP contribution in [0.3, 0.4) is 0 Å². The normalized spacial score (nSPS) is 11.2. The molecule has 0 fully saturated rings. The molecule has 0 heterocycles. The molecule has 0 aliphatic heterocycles. The minimum Gasteiger partial charge on any atom is -0.310 e. The number of nitriles is 1. The molecule has 0 bridgehead atoms. The van der Waals surface area contributed by atoms with Gasteiger partial charge in [-0.15, -0.1) is 0 Å². The second kappa shape index (κ2) is 13.1. The molecule has 9 aromatic rings. The zero-order valence-electron chi connectivity index (χ0n) is 28.8. The van der Waals surface area contributed by atoms with Crippen LogP contribution in [-0.4, -0.2) is 0 Å². The van der Waals surface area contributed by atoms with Crippen molar-refractivity contribution in [3.05, 3.63) is 199 Å². The molecule has 0 saturated heterocycles. The highest BCUT2D eigenvalue weighted by molar-refractivity contribution is 6.33. The van der Waals surface area contributed by atoms with E-state index in [9.17, 15) is 5.26 Å². The molecule has 0 aliphatic carbocycles. The fraction of sp³-hybridized carbons (Fsp3) is 0.0200. The molecule has 0 amide bonds. The largest absolute Gasteiger partial charge is 0.310 e. The van der Waals surface area contributed by atoms with Crippen LogP contribution >= 0.6 is 0 Å². The van der Waals surface area contributed by atoms with E-state index in [0.29, 0.717) is 5.56 Å². The summed E-state index contributed by atoms with van der Waals surface area (Å²) in [7, 11) is 0. The Hall–Kier alpha value is -6.95. The number of nitrogens with zero attached hydrogens (tertiary/aromatic N) is 2. The van der Waals surface area contributed by atoms with Crippen molar-refractivity contribution in [2.24, 2.45) is 0 Å². The Morgan fingerprint density at radius 1 is 0.404 bits per heavy atom. The number of hydrogen-bond acceptors (Lipinski definition) is 2. The van der Waals surface area contributed by atoms with E-state index in [2.05, 4.69) is 182 Å². The summed E-state index contributed by atoms with van der Waals surface area (Å²) in [6, 6.07) is 69.4. The number of aryl methyl sites for hydroxylation is 1. The Kier molecular flexibility index (Phi) is 7.80. The Morgan fingerprint density at radius 3 is 1.62 bits per heavy atom. The summed E-state index contributed by atoms with van der Waals surface area (Å²) in [4.78, 5) is 2.29. The second-order valence-electron chi connectivity index (χ2n) is 13.3. The van der Waals surface area contributed by atoms with Crippen LogP contribution in [0.2, 0.25) is 0 Å². The summed E-state index contributed by atoms with van der Waals surface area (Å²) in [6.07, 6.45) is 0. The van der Waals surface area contributed by atoms with E-state index in [0.717, 1.165) is 17.1 Å². The minimum absolute atomic E-state index is 0.640. The molecule has 0 spiro atoms. The quantitative estimate of drug-likeness (QED) is 0.166. The van der Waals surface area contributed by atoms with E-state index >= 15 is 0 Å². The molecule has 0 radical (unpaired) electrons. The third-order valence-corrected chi connectivity index (χ3v) is 10.1. The van der Waals surface area contributed by atoms with Gasteiger partial charge in [0.15, 0.2) is 0 Å². The molecule has 0 saturated carbocycles. The smallest absolute Gasteiger partial charge is 0.0991 e.